The number of hydrogen-bond donors (Lipinski definition) is 0. The van der Waals surface area contributed by atoms with Gasteiger partial charge in [-0.05, 0) is 80.5 Å². The second-order valence-corrected chi connectivity index (χ2v) is 8.88. The minimum atomic E-state index is 0.542. The molecule has 2 saturated carbocycles. The lowest BCUT2D eigenvalue weighted by molar-refractivity contribution is 0.122. The molecule has 0 aromatic heterocycles. The van der Waals surface area contributed by atoms with Gasteiger partial charge in [-0.2, -0.15) is 0 Å². The molecular weight excluding hydrogens is 240 g/mol. The molecule has 20 heavy (non-hydrogen) atoms. The van der Waals surface area contributed by atoms with E-state index >= 15 is 0 Å². The van der Waals surface area contributed by atoms with Gasteiger partial charge in [0.2, 0.25) is 0 Å². The highest BCUT2D eigenvalue weighted by Crippen LogP contribution is 2.67. The maximum Gasteiger partial charge on any atom is -0.0169 e. The number of allylic oxidation sites excluding steroid dienone is 3. The highest BCUT2D eigenvalue weighted by atomic mass is 14.6. The Morgan fingerprint density at radius 2 is 1.90 bits per heavy atom. The smallest absolute Gasteiger partial charge is 0.0169 e. The third-order valence-corrected chi connectivity index (χ3v) is 6.92. The molecule has 0 saturated heterocycles. The van der Waals surface area contributed by atoms with E-state index in [0.29, 0.717) is 10.8 Å². The van der Waals surface area contributed by atoms with Crippen LogP contribution in [0.15, 0.2) is 23.8 Å². The zero-order valence-electron chi connectivity index (χ0n) is 14.0. The van der Waals surface area contributed by atoms with Crippen molar-refractivity contribution >= 4 is 0 Å². The largest absolute Gasteiger partial charge is 0.0996 e. The molecule has 0 heteroatoms. The van der Waals surface area contributed by atoms with E-state index in [1.807, 2.05) is 0 Å². The molecule has 4 atom stereocenters. The summed E-state index contributed by atoms with van der Waals surface area (Å²) in [6, 6.07) is 0. The standard InChI is InChI=1S/C20H32/c1-14-7-6-8-15(2)17-13-20(5)12-11-19(3,4)18(20)16(17)10-9-14/h7,16-18H,2,6,8-13H2,1,3-5H3/t16?,17?,18?,20-/m1/s1. The highest BCUT2D eigenvalue weighted by Gasteiger charge is 2.59. The van der Waals surface area contributed by atoms with Crippen molar-refractivity contribution in [3.05, 3.63) is 23.8 Å². The van der Waals surface area contributed by atoms with Crippen LogP contribution in [0.3, 0.4) is 0 Å². The summed E-state index contributed by atoms with van der Waals surface area (Å²) in [5.41, 5.74) is 4.31. The summed E-state index contributed by atoms with van der Waals surface area (Å²) >= 11 is 0. The minimum absolute atomic E-state index is 0.542. The summed E-state index contributed by atoms with van der Waals surface area (Å²) in [5.74, 6) is 2.62. The van der Waals surface area contributed by atoms with Crippen molar-refractivity contribution in [3.63, 3.8) is 0 Å². The van der Waals surface area contributed by atoms with Crippen molar-refractivity contribution in [2.24, 2.45) is 28.6 Å². The van der Waals surface area contributed by atoms with Crippen LogP contribution in [0.1, 0.15) is 72.6 Å². The van der Waals surface area contributed by atoms with Gasteiger partial charge < -0.3 is 0 Å². The second kappa shape index (κ2) is 4.75. The molecule has 0 aromatic rings. The van der Waals surface area contributed by atoms with Crippen LogP contribution in [0.4, 0.5) is 0 Å². The Hall–Kier alpha value is -0.520. The van der Waals surface area contributed by atoms with Crippen LogP contribution in [0.5, 0.6) is 0 Å². The molecule has 2 fully saturated rings. The Kier molecular flexibility index (Phi) is 3.42. The van der Waals surface area contributed by atoms with Gasteiger partial charge in [-0.1, -0.05) is 44.6 Å². The van der Waals surface area contributed by atoms with Gasteiger partial charge in [-0.15, -0.1) is 0 Å². The fourth-order valence-electron chi connectivity index (χ4n) is 6.07. The SMILES string of the molecule is C=C1CCC=C(C)CCC2C1C[C@@]1(C)CCC(C)(C)C21. The summed E-state index contributed by atoms with van der Waals surface area (Å²) < 4.78 is 0. The quantitative estimate of drug-likeness (QED) is 0.464. The van der Waals surface area contributed by atoms with E-state index in [2.05, 4.69) is 40.3 Å². The molecule has 3 unspecified atom stereocenters. The molecule has 0 heterocycles. The van der Waals surface area contributed by atoms with Crippen LogP contribution in [-0.4, -0.2) is 0 Å². The molecule has 0 bridgehead atoms. The normalized spacial score (nSPS) is 44.1. The lowest BCUT2D eigenvalue weighted by atomic mass is 9.68. The van der Waals surface area contributed by atoms with Gasteiger partial charge in [0, 0.05) is 0 Å². The fraction of sp³-hybridized carbons (Fsp3) is 0.800. The summed E-state index contributed by atoms with van der Waals surface area (Å²) in [5, 5.41) is 0. The van der Waals surface area contributed by atoms with Crippen LogP contribution >= 0.6 is 0 Å². The van der Waals surface area contributed by atoms with E-state index in [-0.39, 0.29) is 0 Å². The molecule has 3 aliphatic rings. The molecule has 0 aromatic carbocycles. The Morgan fingerprint density at radius 3 is 2.65 bits per heavy atom. The maximum absolute atomic E-state index is 4.50. The van der Waals surface area contributed by atoms with Crippen LogP contribution in [0.2, 0.25) is 0 Å². The average molecular weight is 272 g/mol. The van der Waals surface area contributed by atoms with Crippen molar-refractivity contribution < 1.29 is 0 Å². The summed E-state index contributed by atoms with van der Waals surface area (Å²) in [7, 11) is 0. The first-order chi connectivity index (χ1) is 9.33. The van der Waals surface area contributed by atoms with Crippen LogP contribution in [0.25, 0.3) is 0 Å². The topological polar surface area (TPSA) is 0 Å². The van der Waals surface area contributed by atoms with Crippen LogP contribution in [-0.2, 0) is 0 Å². The molecule has 3 rings (SSSR count). The predicted molar refractivity (Wildman–Crippen MR) is 87.6 cm³/mol. The van der Waals surface area contributed by atoms with Crippen molar-refractivity contribution in [3.8, 4) is 0 Å². The summed E-state index contributed by atoms with van der Waals surface area (Å²) in [6.45, 7) is 14.5. The monoisotopic (exact) mass is 272 g/mol. The van der Waals surface area contributed by atoms with Gasteiger partial charge in [-0.25, -0.2) is 0 Å². The molecule has 112 valence electrons. The van der Waals surface area contributed by atoms with Crippen molar-refractivity contribution in [1.29, 1.82) is 0 Å². The van der Waals surface area contributed by atoms with E-state index < -0.39 is 0 Å². The number of hydrogen-bond acceptors (Lipinski definition) is 0. The Labute approximate surface area is 125 Å². The van der Waals surface area contributed by atoms with Crippen molar-refractivity contribution in [1.82, 2.24) is 0 Å². The van der Waals surface area contributed by atoms with E-state index in [1.54, 1.807) is 11.1 Å². The van der Waals surface area contributed by atoms with E-state index in [4.69, 9.17) is 0 Å². The molecule has 0 spiro atoms. The first-order valence-electron chi connectivity index (χ1n) is 8.67. The lowest BCUT2D eigenvalue weighted by Gasteiger charge is -2.37. The van der Waals surface area contributed by atoms with E-state index in [0.717, 1.165) is 17.8 Å². The third kappa shape index (κ3) is 2.20. The number of fused-ring (bicyclic) bond motifs is 3. The Balaban J connectivity index is 1.94. The predicted octanol–water partition coefficient (Wildman–Crippen LogP) is 6.14. The highest BCUT2D eigenvalue weighted by molar-refractivity contribution is 5.18. The first kappa shape index (κ1) is 14.4. The molecular formula is C20H32. The lowest BCUT2D eigenvalue weighted by Crippen LogP contribution is -2.30. The average Bonchev–Trinajstić information content (AvgIpc) is 2.80. The summed E-state index contributed by atoms with van der Waals surface area (Å²) in [4.78, 5) is 0. The van der Waals surface area contributed by atoms with Gasteiger partial charge in [0.15, 0.2) is 0 Å². The summed E-state index contributed by atoms with van der Waals surface area (Å²) in [6.07, 6.45) is 11.9. The van der Waals surface area contributed by atoms with Gasteiger partial charge in [-0.3, -0.25) is 0 Å². The minimum Gasteiger partial charge on any atom is -0.0996 e. The molecule has 0 N–H and O–H groups in total. The van der Waals surface area contributed by atoms with Crippen molar-refractivity contribution in [2.75, 3.05) is 0 Å². The van der Waals surface area contributed by atoms with E-state index in [9.17, 15) is 0 Å². The molecule has 0 amide bonds. The molecule has 0 nitrogen and oxygen atoms in total. The zero-order valence-corrected chi connectivity index (χ0v) is 14.0. The maximum atomic E-state index is 4.50. The number of rotatable bonds is 0. The van der Waals surface area contributed by atoms with Gasteiger partial charge in [0.1, 0.15) is 0 Å². The Bertz CT molecular complexity index is 439. The van der Waals surface area contributed by atoms with E-state index in [1.165, 1.54) is 44.9 Å². The van der Waals surface area contributed by atoms with Gasteiger partial charge in [0.25, 0.3) is 0 Å². The molecule has 0 aliphatic heterocycles. The Morgan fingerprint density at radius 1 is 1.15 bits per heavy atom. The molecule has 3 aliphatic carbocycles. The molecule has 0 radical (unpaired) electrons. The van der Waals surface area contributed by atoms with Gasteiger partial charge in [0.05, 0.1) is 0 Å². The fourth-order valence-corrected chi connectivity index (χ4v) is 6.07. The van der Waals surface area contributed by atoms with Crippen LogP contribution < -0.4 is 0 Å². The van der Waals surface area contributed by atoms with Crippen molar-refractivity contribution in [2.45, 2.75) is 72.6 Å². The second-order valence-electron chi connectivity index (χ2n) is 8.88. The third-order valence-electron chi connectivity index (χ3n) is 6.92. The zero-order chi connectivity index (χ0) is 14.5. The van der Waals surface area contributed by atoms with Gasteiger partial charge >= 0.3 is 0 Å². The first-order valence-corrected chi connectivity index (χ1v) is 8.67. The van der Waals surface area contributed by atoms with Crippen LogP contribution in [0, 0.1) is 28.6 Å².